The molecule has 7 heteroatoms. The quantitative estimate of drug-likeness (QED) is 0.672. The van der Waals surface area contributed by atoms with Crippen LogP contribution in [0.15, 0.2) is 41.4 Å². The molecule has 0 atom stereocenters. The minimum Gasteiger partial charge on any atom is -0.467 e. The van der Waals surface area contributed by atoms with Crippen LogP contribution in [0.2, 0.25) is 0 Å². The molecule has 1 N–H and O–H groups in total. The van der Waals surface area contributed by atoms with Crippen LogP contribution in [0.5, 0.6) is 5.75 Å². The molecule has 0 saturated carbocycles. The first-order valence-corrected chi connectivity index (χ1v) is 8.25. The third-order valence-electron chi connectivity index (χ3n) is 4.10. The Kier molecular flexibility index (Phi) is 5.68. The molecule has 2 aromatic carbocycles. The Morgan fingerprint density at radius 1 is 1.19 bits per heavy atom. The molecule has 1 heterocycles. The second-order valence-corrected chi connectivity index (χ2v) is 6.05. The third-order valence-corrected chi connectivity index (χ3v) is 4.10. The smallest absolute Gasteiger partial charge is 0.193 e. The lowest BCUT2D eigenvalue weighted by molar-refractivity contribution is -0.0173. The summed E-state index contributed by atoms with van der Waals surface area (Å²) >= 11 is 0. The topological polar surface area (TPSA) is 46.1 Å². The fourth-order valence-corrected chi connectivity index (χ4v) is 2.89. The van der Waals surface area contributed by atoms with Gasteiger partial charge in [0, 0.05) is 38.3 Å². The van der Waals surface area contributed by atoms with Crippen LogP contribution in [-0.2, 0) is 24.4 Å². The first-order valence-electron chi connectivity index (χ1n) is 8.25. The van der Waals surface area contributed by atoms with Crippen LogP contribution in [0, 0.1) is 11.6 Å². The zero-order valence-corrected chi connectivity index (χ0v) is 14.8. The molecule has 138 valence electrons. The molecule has 2 aromatic rings. The van der Waals surface area contributed by atoms with Crippen LogP contribution in [0.25, 0.3) is 0 Å². The number of fused-ring (bicyclic) bond motifs is 1. The van der Waals surface area contributed by atoms with E-state index in [-0.39, 0.29) is 18.4 Å². The van der Waals surface area contributed by atoms with Gasteiger partial charge in [-0.15, -0.1) is 0 Å². The van der Waals surface area contributed by atoms with Gasteiger partial charge in [0.25, 0.3) is 0 Å². The van der Waals surface area contributed by atoms with E-state index in [1.807, 2.05) is 11.9 Å². The van der Waals surface area contributed by atoms with E-state index in [0.29, 0.717) is 42.5 Å². The van der Waals surface area contributed by atoms with E-state index in [1.165, 1.54) is 24.3 Å². The van der Waals surface area contributed by atoms with Gasteiger partial charge in [-0.25, -0.2) is 8.78 Å². The van der Waals surface area contributed by atoms with E-state index in [2.05, 4.69) is 10.3 Å². The van der Waals surface area contributed by atoms with Crippen LogP contribution in [0.1, 0.15) is 16.7 Å². The lowest BCUT2D eigenvalue weighted by Crippen LogP contribution is -2.38. The van der Waals surface area contributed by atoms with Gasteiger partial charge in [-0.3, -0.25) is 4.99 Å². The number of halogens is 2. The highest BCUT2D eigenvalue weighted by molar-refractivity contribution is 5.79. The maximum Gasteiger partial charge on any atom is 0.193 e. The number of nitrogens with zero attached hydrogens (tertiary/aromatic N) is 2. The summed E-state index contributed by atoms with van der Waals surface area (Å²) in [5.74, 6) is 0.698. The zero-order chi connectivity index (χ0) is 18.5. The van der Waals surface area contributed by atoms with E-state index >= 15 is 0 Å². The van der Waals surface area contributed by atoms with Crippen molar-refractivity contribution in [3.05, 3.63) is 64.7 Å². The molecule has 5 nitrogen and oxygen atoms in total. The zero-order valence-electron chi connectivity index (χ0n) is 14.8. The van der Waals surface area contributed by atoms with E-state index in [1.54, 1.807) is 19.2 Å². The van der Waals surface area contributed by atoms with Gasteiger partial charge >= 0.3 is 0 Å². The summed E-state index contributed by atoms with van der Waals surface area (Å²) in [6.07, 6.45) is 0. The van der Waals surface area contributed by atoms with Crippen molar-refractivity contribution in [1.82, 2.24) is 10.2 Å². The first-order chi connectivity index (χ1) is 12.6. The van der Waals surface area contributed by atoms with Crippen molar-refractivity contribution in [3.8, 4) is 5.75 Å². The largest absolute Gasteiger partial charge is 0.467 e. The van der Waals surface area contributed by atoms with Crippen molar-refractivity contribution in [2.75, 3.05) is 20.9 Å². The molecular weight excluding hydrogens is 340 g/mol. The molecule has 0 aliphatic carbocycles. The monoisotopic (exact) mass is 361 g/mol. The van der Waals surface area contributed by atoms with E-state index in [9.17, 15) is 8.78 Å². The standard InChI is InChI=1S/C19H21F2N3O2/c1-22-19(24(2)10-13-3-5-16(20)6-4-13)23-9-14-7-17(21)8-15-11-25-12-26-18(14)15/h3-8H,9-12H2,1-2H3,(H,22,23). The summed E-state index contributed by atoms with van der Waals surface area (Å²) in [4.78, 5) is 6.16. The molecular formula is C19H21F2N3O2. The molecule has 1 aliphatic rings. The van der Waals surface area contributed by atoms with Gasteiger partial charge in [-0.05, 0) is 29.8 Å². The summed E-state index contributed by atoms with van der Waals surface area (Å²) in [6.45, 7) is 1.41. The third kappa shape index (κ3) is 4.29. The minimum atomic E-state index is -0.329. The number of hydrogen-bond acceptors (Lipinski definition) is 3. The van der Waals surface area contributed by atoms with Gasteiger partial charge < -0.3 is 19.7 Å². The molecule has 0 unspecified atom stereocenters. The van der Waals surface area contributed by atoms with E-state index < -0.39 is 0 Å². The van der Waals surface area contributed by atoms with Gasteiger partial charge in [0.1, 0.15) is 17.4 Å². The number of rotatable bonds is 4. The van der Waals surface area contributed by atoms with Gasteiger partial charge in [0.15, 0.2) is 12.8 Å². The van der Waals surface area contributed by atoms with Crippen LogP contribution >= 0.6 is 0 Å². The molecule has 0 amide bonds. The molecule has 0 bridgehead atoms. The van der Waals surface area contributed by atoms with Crippen LogP contribution < -0.4 is 10.1 Å². The highest BCUT2D eigenvalue weighted by Gasteiger charge is 2.17. The van der Waals surface area contributed by atoms with E-state index in [0.717, 1.165) is 5.56 Å². The Morgan fingerprint density at radius 3 is 2.69 bits per heavy atom. The molecule has 26 heavy (non-hydrogen) atoms. The lowest BCUT2D eigenvalue weighted by atomic mass is 10.1. The summed E-state index contributed by atoms with van der Waals surface area (Å²) in [6, 6.07) is 9.19. The highest BCUT2D eigenvalue weighted by atomic mass is 19.1. The number of nitrogens with one attached hydrogen (secondary N) is 1. The first kappa shape index (κ1) is 18.1. The fraction of sp³-hybridized carbons (Fsp3) is 0.316. The van der Waals surface area contributed by atoms with E-state index in [4.69, 9.17) is 9.47 Å². The average molecular weight is 361 g/mol. The van der Waals surface area contributed by atoms with Crippen LogP contribution in [0.3, 0.4) is 0 Å². The van der Waals surface area contributed by atoms with Gasteiger partial charge in [-0.2, -0.15) is 0 Å². The molecule has 1 aliphatic heterocycles. The van der Waals surface area contributed by atoms with Crippen molar-refractivity contribution in [2.24, 2.45) is 4.99 Å². The Balaban J connectivity index is 1.67. The minimum absolute atomic E-state index is 0.158. The van der Waals surface area contributed by atoms with Gasteiger partial charge in [-0.1, -0.05) is 12.1 Å². The summed E-state index contributed by atoms with van der Waals surface area (Å²) in [5, 5.41) is 3.21. The lowest BCUT2D eigenvalue weighted by Gasteiger charge is -2.24. The number of guanidine groups is 1. The number of ether oxygens (including phenoxy) is 2. The van der Waals surface area contributed by atoms with Crippen molar-refractivity contribution < 1.29 is 18.3 Å². The molecule has 3 rings (SSSR count). The van der Waals surface area contributed by atoms with Crippen LogP contribution in [0.4, 0.5) is 8.78 Å². The number of hydrogen-bond donors (Lipinski definition) is 1. The molecule has 0 saturated heterocycles. The second kappa shape index (κ2) is 8.14. The van der Waals surface area contributed by atoms with Crippen molar-refractivity contribution in [2.45, 2.75) is 19.7 Å². The maximum absolute atomic E-state index is 13.8. The summed E-state index contributed by atoms with van der Waals surface area (Å²) < 4.78 is 37.6. The predicted octanol–water partition coefficient (Wildman–Crippen LogP) is 3.04. The Labute approximate surface area is 151 Å². The van der Waals surface area contributed by atoms with Gasteiger partial charge in [0.2, 0.25) is 0 Å². The molecule has 0 fully saturated rings. The van der Waals surface area contributed by atoms with Crippen molar-refractivity contribution >= 4 is 5.96 Å². The SMILES string of the molecule is CN=C(NCc1cc(F)cc2c1OCOC2)N(C)Cc1ccc(F)cc1. The summed E-state index contributed by atoms with van der Waals surface area (Å²) in [5.41, 5.74) is 2.36. The Bertz CT molecular complexity index is 794. The summed E-state index contributed by atoms with van der Waals surface area (Å²) in [7, 11) is 3.55. The average Bonchev–Trinajstić information content (AvgIpc) is 2.64. The Hall–Kier alpha value is -2.67. The fourth-order valence-electron chi connectivity index (χ4n) is 2.89. The van der Waals surface area contributed by atoms with Crippen molar-refractivity contribution in [1.29, 1.82) is 0 Å². The molecule has 0 spiro atoms. The maximum atomic E-state index is 13.8. The van der Waals surface area contributed by atoms with Gasteiger partial charge in [0.05, 0.1) is 6.61 Å². The second-order valence-electron chi connectivity index (χ2n) is 6.05. The van der Waals surface area contributed by atoms with Crippen molar-refractivity contribution in [3.63, 3.8) is 0 Å². The Morgan fingerprint density at radius 2 is 1.96 bits per heavy atom. The highest BCUT2D eigenvalue weighted by Crippen LogP contribution is 2.29. The number of aliphatic imine (C=N–C) groups is 1. The normalized spacial score (nSPS) is 13.8. The molecule has 0 radical (unpaired) electrons. The predicted molar refractivity (Wildman–Crippen MR) is 94.7 cm³/mol. The number of benzene rings is 2. The van der Waals surface area contributed by atoms with Crippen LogP contribution in [-0.4, -0.2) is 31.7 Å². The molecule has 0 aromatic heterocycles.